The van der Waals surface area contributed by atoms with Crippen LogP contribution in [0.15, 0.2) is 48.8 Å². The van der Waals surface area contributed by atoms with E-state index in [-0.39, 0.29) is 5.91 Å². The molecule has 0 spiro atoms. The summed E-state index contributed by atoms with van der Waals surface area (Å²) in [6.45, 7) is 8.67. The summed E-state index contributed by atoms with van der Waals surface area (Å²) in [5.41, 5.74) is 5.12. The second kappa shape index (κ2) is 8.40. The van der Waals surface area contributed by atoms with Gasteiger partial charge < -0.3 is 10.2 Å². The maximum absolute atomic E-state index is 12.6. The lowest BCUT2D eigenvalue weighted by Gasteiger charge is -2.21. The summed E-state index contributed by atoms with van der Waals surface area (Å²) in [6.07, 6.45) is 3.07. The molecule has 0 unspecified atom stereocenters. The maximum atomic E-state index is 12.6. The van der Waals surface area contributed by atoms with Crippen molar-refractivity contribution in [1.29, 1.82) is 0 Å². The average Bonchev–Trinajstić information content (AvgIpc) is 2.66. The van der Waals surface area contributed by atoms with E-state index in [1.54, 1.807) is 0 Å². The fourth-order valence-corrected chi connectivity index (χ4v) is 3.44. The van der Waals surface area contributed by atoms with Gasteiger partial charge in [0, 0.05) is 24.6 Å². The zero-order valence-electron chi connectivity index (χ0n) is 16.5. The van der Waals surface area contributed by atoms with Crippen LogP contribution in [-0.2, 0) is 0 Å². The first kappa shape index (κ1) is 19.8. The first-order chi connectivity index (χ1) is 13.4. The van der Waals surface area contributed by atoms with E-state index in [4.69, 9.17) is 11.6 Å². The Morgan fingerprint density at radius 2 is 1.79 bits per heavy atom. The van der Waals surface area contributed by atoms with Crippen LogP contribution < -0.4 is 10.2 Å². The lowest BCUT2D eigenvalue weighted by molar-refractivity contribution is 0.102. The van der Waals surface area contributed by atoms with Crippen molar-refractivity contribution in [3.8, 4) is 0 Å². The molecule has 144 valence electrons. The molecular weight excluding hydrogens is 372 g/mol. The fourth-order valence-electron chi connectivity index (χ4n) is 3.07. The number of nitrogens with one attached hydrogen (secondary N) is 1. The molecule has 3 aromatic rings. The number of carbonyl (C=O) groups is 1. The molecule has 0 atom stereocenters. The molecule has 1 heterocycles. The molecule has 0 aliphatic rings. The molecule has 5 nitrogen and oxygen atoms in total. The highest BCUT2D eigenvalue weighted by atomic mass is 35.5. The summed E-state index contributed by atoms with van der Waals surface area (Å²) < 4.78 is 0. The van der Waals surface area contributed by atoms with Gasteiger partial charge in [-0.05, 0) is 62.6 Å². The highest BCUT2D eigenvalue weighted by Gasteiger charge is 2.15. The van der Waals surface area contributed by atoms with E-state index in [2.05, 4.69) is 21.4 Å². The van der Waals surface area contributed by atoms with E-state index < -0.39 is 0 Å². The molecule has 28 heavy (non-hydrogen) atoms. The SMILES string of the molecule is CCN(c1cccc(C)c1)c1ncc(C(=O)Nc2c(C)cc(C)cc2Cl)cn1. The van der Waals surface area contributed by atoms with E-state index in [0.717, 1.165) is 22.4 Å². The highest BCUT2D eigenvalue weighted by Crippen LogP contribution is 2.28. The Morgan fingerprint density at radius 3 is 2.39 bits per heavy atom. The van der Waals surface area contributed by atoms with Gasteiger partial charge in [-0.1, -0.05) is 29.8 Å². The number of carbonyl (C=O) groups excluding carboxylic acids is 1. The molecule has 0 fully saturated rings. The van der Waals surface area contributed by atoms with Gasteiger partial charge in [0.15, 0.2) is 0 Å². The van der Waals surface area contributed by atoms with Crippen LogP contribution in [0.3, 0.4) is 0 Å². The molecule has 6 heteroatoms. The van der Waals surface area contributed by atoms with Gasteiger partial charge in [0.05, 0.1) is 16.3 Å². The molecule has 1 aromatic heterocycles. The van der Waals surface area contributed by atoms with Crippen LogP contribution in [0.5, 0.6) is 0 Å². The van der Waals surface area contributed by atoms with Gasteiger partial charge in [-0.25, -0.2) is 9.97 Å². The van der Waals surface area contributed by atoms with Crippen LogP contribution in [0.1, 0.15) is 34.0 Å². The summed E-state index contributed by atoms with van der Waals surface area (Å²) in [7, 11) is 0. The van der Waals surface area contributed by atoms with Crippen LogP contribution in [0.2, 0.25) is 5.02 Å². The third kappa shape index (κ3) is 4.31. The van der Waals surface area contributed by atoms with Gasteiger partial charge in [-0.15, -0.1) is 0 Å². The minimum atomic E-state index is -0.293. The highest BCUT2D eigenvalue weighted by molar-refractivity contribution is 6.34. The summed E-state index contributed by atoms with van der Waals surface area (Å²) in [6, 6.07) is 11.9. The Morgan fingerprint density at radius 1 is 1.07 bits per heavy atom. The van der Waals surface area contributed by atoms with Crippen molar-refractivity contribution in [3.63, 3.8) is 0 Å². The summed E-state index contributed by atoms with van der Waals surface area (Å²) in [4.78, 5) is 23.4. The van der Waals surface area contributed by atoms with E-state index in [9.17, 15) is 4.79 Å². The number of hydrogen-bond donors (Lipinski definition) is 1. The predicted molar refractivity (Wildman–Crippen MR) is 115 cm³/mol. The third-order valence-electron chi connectivity index (χ3n) is 4.44. The number of benzene rings is 2. The molecule has 0 aliphatic carbocycles. The largest absolute Gasteiger partial charge is 0.320 e. The smallest absolute Gasteiger partial charge is 0.258 e. The Bertz CT molecular complexity index is 979. The number of nitrogens with zero attached hydrogens (tertiary/aromatic N) is 3. The number of aromatic nitrogens is 2. The van der Waals surface area contributed by atoms with Crippen LogP contribution in [0.4, 0.5) is 17.3 Å². The lowest BCUT2D eigenvalue weighted by atomic mass is 10.1. The summed E-state index contributed by atoms with van der Waals surface area (Å²) in [5, 5.41) is 3.37. The van der Waals surface area contributed by atoms with Crippen LogP contribution in [0, 0.1) is 20.8 Å². The quantitative estimate of drug-likeness (QED) is 0.623. The van der Waals surface area contributed by atoms with E-state index >= 15 is 0 Å². The maximum Gasteiger partial charge on any atom is 0.258 e. The molecule has 0 bridgehead atoms. The molecule has 2 aromatic carbocycles. The Hall–Kier alpha value is -2.92. The number of hydrogen-bond acceptors (Lipinski definition) is 4. The summed E-state index contributed by atoms with van der Waals surface area (Å²) in [5.74, 6) is 0.258. The van der Waals surface area contributed by atoms with Gasteiger partial charge in [-0.2, -0.15) is 0 Å². The van der Waals surface area contributed by atoms with Gasteiger partial charge in [-0.3, -0.25) is 4.79 Å². The van der Waals surface area contributed by atoms with Crippen LogP contribution in [-0.4, -0.2) is 22.4 Å². The van der Waals surface area contributed by atoms with Crippen molar-refractivity contribution in [2.24, 2.45) is 0 Å². The first-order valence-electron chi connectivity index (χ1n) is 9.13. The third-order valence-corrected chi connectivity index (χ3v) is 4.74. The summed E-state index contributed by atoms with van der Waals surface area (Å²) >= 11 is 6.28. The van der Waals surface area contributed by atoms with Crippen molar-refractivity contribution < 1.29 is 4.79 Å². The molecular formula is C22H23ClN4O. The minimum absolute atomic E-state index is 0.293. The Balaban J connectivity index is 1.81. The van der Waals surface area contributed by atoms with E-state index in [1.165, 1.54) is 12.4 Å². The minimum Gasteiger partial charge on any atom is -0.320 e. The van der Waals surface area contributed by atoms with Crippen LogP contribution in [0.25, 0.3) is 0 Å². The van der Waals surface area contributed by atoms with Gasteiger partial charge in [0.2, 0.25) is 5.95 Å². The molecule has 1 amide bonds. The second-order valence-corrected chi connectivity index (χ2v) is 7.15. The number of rotatable bonds is 5. The Kier molecular flexibility index (Phi) is 5.95. The number of aryl methyl sites for hydroxylation is 3. The van der Waals surface area contributed by atoms with Crippen molar-refractivity contribution in [2.75, 3.05) is 16.8 Å². The monoisotopic (exact) mass is 394 g/mol. The van der Waals surface area contributed by atoms with Gasteiger partial charge >= 0.3 is 0 Å². The van der Waals surface area contributed by atoms with E-state index in [0.29, 0.717) is 28.8 Å². The molecule has 3 rings (SSSR count). The van der Waals surface area contributed by atoms with Gasteiger partial charge in [0.1, 0.15) is 0 Å². The molecule has 0 saturated carbocycles. The average molecular weight is 395 g/mol. The fraction of sp³-hybridized carbons (Fsp3) is 0.227. The number of amides is 1. The van der Waals surface area contributed by atoms with Crippen molar-refractivity contribution in [2.45, 2.75) is 27.7 Å². The molecule has 0 aliphatic heterocycles. The topological polar surface area (TPSA) is 58.1 Å². The predicted octanol–water partition coefficient (Wildman–Crippen LogP) is 5.47. The first-order valence-corrected chi connectivity index (χ1v) is 9.51. The van der Waals surface area contributed by atoms with Crippen LogP contribution >= 0.6 is 11.6 Å². The number of halogens is 1. The van der Waals surface area contributed by atoms with E-state index in [1.807, 2.05) is 62.9 Å². The molecule has 0 radical (unpaired) electrons. The standard InChI is InChI=1S/C22H23ClN4O/c1-5-27(18-8-6-7-14(2)10-18)22-24-12-17(13-25-22)21(28)26-20-16(4)9-15(3)11-19(20)23/h6-13H,5H2,1-4H3,(H,26,28). The zero-order valence-corrected chi connectivity index (χ0v) is 17.2. The lowest BCUT2D eigenvalue weighted by Crippen LogP contribution is -2.20. The molecule has 1 N–H and O–H groups in total. The second-order valence-electron chi connectivity index (χ2n) is 6.75. The Labute approximate surface area is 170 Å². The normalized spacial score (nSPS) is 10.6. The van der Waals surface area contributed by atoms with Crippen molar-refractivity contribution in [1.82, 2.24) is 9.97 Å². The van der Waals surface area contributed by atoms with Crippen molar-refractivity contribution in [3.05, 3.63) is 76.1 Å². The number of anilines is 3. The van der Waals surface area contributed by atoms with Crippen molar-refractivity contribution >= 4 is 34.8 Å². The zero-order chi connectivity index (χ0) is 20.3. The van der Waals surface area contributed by atoms with Gasteiger partial charge in [0.25, 0.3) is 5.91 Å². The molecule has 0 saturated heterocycles.